The normalized spacial score (nSPS) is 18.2. The van der Waals surface area contributed by atoms with E-state index in [1.54, 1.807) is 11.3 Å². The molecule has 3 heterocycles. The van der Waals surface area contributed by atoms with Gasteiger partial charge in [-0.3, -0.25) is 14.9 Å². The Labute approximate surface area is 123 Å². The Bertz CT molecular complexity index is 521. The smallest absolute Gasteiger partial charge is 0.0897 e. The van der Waals surface area contributed by atoms with Gasteiger partial charge >= 0.3 is 0 Å². The maximum absolute atomic E-state index is 4.57. The lowest BCUT2D eigenvalue weighted by atomic mass is 10.3. The Kier molecular flexibility index (Phi) is 4.44. The maximum atomic E-state index is 4.57. The summed E-state index contributed by atoms with van der Waals surface area (Å²) in [5.41, 5.74) is 2.42. The van der Waals surface area contributed by atoms with Crippen LogP contribution in [0.1, 0.15) is 22.8 Å². The molecule has 0 bridgehead atoms. The van der Waals surface area contributed by atoms with Gasteiger partial charge < -0.3 is 0 Å². The SMILES string of the molecule is Cc1nc(CN2CCCN(Cc3ccn[nH]3)CC2)cs1. The molecule has 0 spiro atoms. The van der Waals surface area contributed by atoms with Crippen LogP contribution in [0.4, 0.5) is 0 Å². The Balaban J connectivity index is 1.51. The third-order valence-electron chi connectivity index (χ3n) is 3.69. The van der Waals surface area contributed by atoms with Crippen molar-refractivity contribution in [3.63, 3.8) is 0 Å². The molecule has 0 unspecified atom stereocenters. The zero-order valence-corrected chi connectivity index (χ0v) is 12.7. The summed E-state index contributed by atoms with van der Waals surface area (Å²) in [5.74, 6) is 0. The molecule has 20 heavy (non-hydrogen) atoms. The Morgan fingerprint density at radius 2 is 2.00 bits per heavy atom. The first-order valence-electron chi connectivity index (χ1n) is 7.13. The molecular weight excluding hydrogens is 270 g/mol. The molecule has 0 saturated carbocycles. The lowest BCUT2D eigenvalue weighted by molar-refractivity contribution is 0.244. The van der Waals surface area contributed by atoms with E-state index in [0.717, 1.165) is 44.3 Å². The predicted molar refractivity (Wildman–Crippen MR) is 80.6 cm³/mol. The van der Waals surface area contributed by atoms with E-state index < -0.39 is 0 Å². The molecule has 108 valence electrons. The summed E-state index contributed by atoms with van der Waals surface area (Å²) in [7, 11) is 0. The average Bonchev–Trinajstić information content (AvgIpc) is 3.01. The molecule has 5 nitrogen and oxygen atoms in total. The molecule has 1 aliphatic rings. The topological polar surface area (TPSA) is 48.1 Å². The molecule has 0 aromatic carbocycles. The van der Waals surface area contributed by atoms with Gasteiger partial charge in [-0.25, -0.2) is 4.98 Å². The van der Waals surface area contributed by atoms with Crippen molar-refractivity contribution in [2.45, 2.75) is 26.4 Å². The second kappa shape index (κ2) is 6.47. The highest BCUT2D eigenvalue weighted by Gasteiger charge is 2.16. The van der Waals surface area contributed by atoms with E-state index in [1.165, 1.54) is 17.8 Å². The van der Waals surface area contributed by atoms with E-state index in [1.807, 2.05) is 6.20 Å². The number of nitrogens with zero attached hydrogens (tertiary/aromatic N) is 4. The highest BCUT2D eigenvalue weighted by atomic mass is 32.1. The van der Waals surface area contributed by atoms with Gasteiger partial charge in [0.05, 0.1) is 10.7 Å². The molecule has 2 aromatic rings. The zero-order chi connectivity index (χ0) is 13.8. The van der Waals surface area contributed by atoms with Crippen molar-refractivity contribution in [3.8, 4) is 0 Å². The van der Waals surface area contributed by atoms with Gasteiger partial charge in [0, 0.05) is 43.4 Å². The molecule has 3 rings (SSSR count). The Morgan fingerprint density at radius 3 is 2.65 bits per heavy atom. The van der Waals surface area contributed by atoms with Crippen molar-refractivity contribution in [2.24, 2.45) is 0 Å². The largest absolute Gasteiger partial charge is 0.296 e. The van der Waals surface area contributed by atoms with Crippen molar-refractivity contribution >= 4 is 11.3 Å². The van der Waals surface area contributed by atoms with Crippen LogP contribution < -0.4 is 0 Å². The Hall–Kier alpha value is -1.24. The second-order valence-corrected chi connectivity index (χ2v) is 6.41. The van der Waals surface area contributed by atoms with Crippen LogP contribution >= 0.6 is 11.3 Å². The number of hydrogen-bond donors (Lipinski definition) is 1. The van der Waals surface area contributed by atoms with Gasteiger partial charge in [0.1, 0.15) is 0 Å². The summed E-state index contributed by atoms with van der Waals surface area (Å²) >= 11 is 1.74. The summed E-state index contributed by atoms with van der Waals surface area (Å²) in [5, 5.41) is 10.4. The average molecular weight is 291 g/mol. The maximum Gasteiger partial charge on any atom is 0.0897 e. The van der Waals surface area contributed by atoms with E-state index in [9.17, 15) is 0 Å². The van der Waals surface area contributed by atoms with Crippen LogP contribution in [0.5, 0.6) is 0 Å². The first-order valence-corrected chi connectivity index (χ1v) is 8.01. The summed E-state index contributed by atoms with van der Waals surface area (Å²) in [6.07, 6.45) is 3.04. The van der Waals surface area contributed by atoms with Crippen molar-refractivity contribution in [2.75, 3.05) is 26.2 Å². The van der Waals surface area contributed by atoms with E-state index in [-0.39, 0.29) is 0 Å². The first kappa shape index (κ1) is 13.7. The molecule has 1 aliphatic heterocycles. The van der Waals surface area contributed by atoms with Crippen molar-refractivity contribution < 1.29 is 0 Å². The summed E-state index contributed by atoms with van der Waals surface area (Å²) in [6.45, 7) is 8.59. The highest BCUT2D eigenvalue weighted by Crippen LogP contribution is 2.13. The molecule has 2 aromatic heterocycles. The van der Waals surface area contributed by atoms with E-state index >= 15 is 0 Å². The number of aromatic nitrogens is 3. The van der Waals surface area contributed by atoms with Gasteiger partial charge in [0.2, 0.25) is 0 Å². The third kappa shape index (κ3) is 3.65. The zero-order valence-electron chi connectivity index (χ0n) is 11.9. The predicted octanol–water partition coefficient (Wildman–Crippen LogP) is 1.88. The van der Waals surface area contributed by atoms with Crippen LogP contribution in [0.2, 0.25) is 0 Å². The molecule has 1 N–H and O–H groups in total. The minimum Gasteiger partial charge on any atom is -0.296 e. The molecule has 6 heteroatoms. The van der Waals surface area contributed by atoms with Crippen LogP contribution in [0.25, 0.3) is 0 Å². The first-order chi connectivity index (χ1) is 9.79. The monoisotopic (exact) mass is 291 g/mol. The molecule has 1 fully saturated rings. The lowest BCUT2D eigenvalue weighted by Crippen LogP contribution is -2.30. The molecule has 0 atom stereocenters. The lowest BCUT2D eigenvalue weighted by Gasteiger charge is -2.20. The van der Waals surface area contributed by atoms with Crippen molar-refractivity contribution in [3.05, 3.63) is 34.0 Å². The second-order valence-electron chi connectivity index (χ2n) is 5.35. The van der Waals surface area contributed by atoms with Gasteiger partial charge in [0.25, 0.3) is 0 Å². The molecule has 0 aliphatic carbocycles. The summed E-state index contributed by atoms with van der Waals surface area (Å²) in [4.78, 5) is 9.58. The van der Waals surface area contributed by atoms with E-state index in [4.69, 9.17) is 0 Å². The minimum absolute atomic E-state index is 0.976. The van der Waals surface area contributed by atoms with Crippen LogP contribution in [0, 0.1) is 6.92 Å². The highest BCUT2D eigenvalue weighted by molar-refractivity contribution is 7.09. The number of aromatic amines is 1. The van der Waals surface area contributed by atoms with Crippen LogP contribution in [-0.4, -0.2) is 51.2 Å². The fourth-order valence-corrected chi connectivity index (χ4v) is 3.27. The fraction of sp³-hybridized carbons (Fsp3) is 0.571. The summed E-state index contributed by atoms with van der Waals surface area (Å²) in [6, 6.07) is 2.06. The number of thiazole rings is 1. The third-order valence-corrected chi connectivity index (χ3v) is 4.51. The van der Waals surface area contributed by atoms with Crippen LogP contribution in [0.15, 0.2) is 17.6 Å². The Morgan fingerprint density at radius 1 is 1.20 bits per heavy atom. The molecule has 0 radical (unpaired) electrons. The molecular formula is C14H21N5S. The quantitative estimate of drug-likeness (QED) is 0.934. The molecule has 1 saturated heterocycles. The molecule has 0 amide bonds. The minimum atomic E-state index is 0.976. The standard InChI is InChI=1S/C14H21N5S/c1-12-16-14(11-20-12)10-19-6-2-5-18(7-8-19)9-13-3-4-15-17-13/h3-4,11H,2,5-10H2,1H3,(H,15,17). The van der Waals surface area contributed by atoms with Crippen molar-refractivity contribution in [1.82, 2.24) is 25.0 Å². The van der Waals surface area contributed by atoms with Crippen LogP contribution in [-0.2, 0) is 13.1 Å². The van der Waals surface area contributed by atoms with Gasteiger partial charge in [-0.2, -0.15) is 5.10 Å². The van der Waals surface area contributed by atoms with Gasteiger partial charge in [-0.15, -0.1) is 11.3 Å². The summed E-state index contributed by atoms with van der Waals surface area (Å²) < 4.78 is 0. The van der Waals surface area contributed by atoms with Gasteiger partial charge in [0.15, 0.2) is 0 Å². The van der Waals surface area contributed by atoms with Crippen LogP contribution in [0.3, 0.4) is 0 Å². The van der Waals surface area contributed by atoms with Gasteiger partial charge in [-0.1, -0.05) is 0 Å². The van der Waals surface area contributed by atoms with Gasteiger partial charge in [-0.05, 0) is 32.5 Å². The number of hydrogen-bond acceptors (Lipinski definition) is 5. The fourth-order valence-electron chi connectivity index (χ4n) is 2.66. The van der Waals surface area contributed by atoms with Crippen molar-refractivity contribution in [1.29, 1.82) is 0 Å². The number of aryl methyl sites for hydroxylation is 1. The number of H-pyrrole nitrogens is 1. The van der Waals surface area contributed by atoms with E-state index in [0.29, 0.717) is 0 Å². The van der Waals surface area contributed by atoms with E-state index in [2.05, 4.69) is 43.4 Å². The number of rotatable bonds is 4. The number of nitrogens with one attached hydrogen (secondary N) is 1.